The summed E-state index contributed by atoms with van der Waals surface area (Å²) in [5.41, 5.74) is 1.98. The van der Waals surface area contributed by atoms with Crippen molar-refractivity contribution in [2.45, 2.75) is 25.3 Å². The van der Waals surface area contributed by atoms with Gasteiger partial charge in [0.15, 0.2) is 0 Å². The van der Waals surface area contributed by atoms with Crippen molar-refractivity contribution in [1.29, 1.82) is 0 Å². The van der Waals surface area contributed by atoms with Gasteiger partial charge in [-0.1, -0.05) is 18.7 Å². The minimum absolute atomic E-state index is 0.0846. The Balaban J connectivity index is 1.66. The standard InChI is InChI=1S/C18H20N2O2/c1-3-12-14(5-4-6-17(12)19-2)18(22)20-11-9-15-13(7-8-21)16(15)10-11/h3-6,8,11,13,15-16H,1-2,7,9-10H2,(H,20,22)/t11?,13?,15-,16?/m1/s1. The van der Waals surface area contributed by atoms with Gasteiger partial charge in [-0.25, -0.2) is 0 Å². The van der Waals surface area contributed by atoms with E-state index in [9.17, 15) is 9.59 Å². The van der Waals surface area contributed by atoms with Crippen molar-refractivity contribution in [3.63, 3.8) is 0 Å². The number of fused-ring (bicyclic) bond motifs is 1. The molecule has 2 saturated carbocycles. The zero-order valence-corrected chi connectivity index (χ0v) is 12.5. The molecule has 4 heteroatoms. The summed E-state index contributed by atoms with van der Waals surface area (Å²) in [5.74, 6) is 1.72. The molecular formula is C18H20N2O2. The number of carbonyl (C=O) groups excluding carboxylic acids is 2. The predicted molar refractivity (Wildman–Crippen MR) is 87.4 cm³/mol. The fourth-order valence-electron chi connectivity index (χ4n) is 3.92. The van der Waals surface area contributed by atoms with Crippen LogP contribution in [0.25, 0.3) is 6.08 Å². The Morgan fingerprint density at radius 1 is 1.36 bits per heavy atom. The number of aliphatic imine (C=N–C) groups is 1. The lowest BCUT2D eigenvalue weighted by Crippen LogP contribution is -2.34. The SMILES string of the molecule is C=Cc1c(N=C)cccc1C(=O)NC1CC2C(CC=O)[C@H]2C1. The van der Waals surface area contributed by atoms with E-state index in [0.29, 0.717) is 35.4 Å². The minimum atomic E-state index is -0.0846. The Morgan fingerprint density at radius 2 is 2.09 bits per heavy atom. The highest BCUT2D eigenvalue weighted by molar-refractivity contribution is 5.99. The topological polar surface area (TPSA) is 58.5 Å². The Labute approximate surface area is 130 Å². The molecule has 3 rings (SSSR count). The van der Waals surface area contributed by atoms with Crippen molar-refractivity contribution < 1.29 is 9.59 Å². The molecule has 2 aliphatic rings. The molecule has 0 saturated heterocycles. The number of nitrogens with zero attached hydrogens (tertiary/aromatic N) is 1. The smallest absolute Gasteiger partial charge is 0.252 e. The minimum Gasteiger partial charge on any atom is -0.349 e. The Kier molecular flexibility index (Phi) is 3.92. The summed E-state index contributed by atoms with van der Waals surface area (Å²) < 4.78 is 0. The lowest BCUT2D eigenvalue weighted by Gasteiger charge is -2.17. The molecule has 0 aromatic heterocycles. The van der Waals surface area contributed by atoms with E-state index in [0.717, 1.165) is 24.7 Å². The summed E-state index contributed by atoms with van der Waals surface area (Å²) in [6.45, 7) is 7.29. The Hall–Kier alpha value is -2.23. The van der Waals surface area contributed by atoms with E-state index in [4.69, 9.17) is 0 Å². The fraction of sp³-hybridized carbons (Fsp3) is 0.389. The molecule has 4 nitrogen and oxygen atoms in total. The predicted octanol–water partition coefficient (Wildman–Crippen LogP) is 3.01. The van der Waals surface area contributed by atoms with Crippen molar-refractivity contribution in [2.24, 2.45) is 22.7 Å². The molecule has 2 aliphatic carbocycles. The van der Waals surface area contributed by atoms with E-state index in [2.05, 4.69) is 23.6 Å². The Bertz CT molecular complexity index is 626. The van der Waals surface area contributed by atoms with Crippen LogP contribution < -0.4 is 5.32 Å². The third-order valence-corrected chi connectivity index (χ3v) is 5.03. The molecule has 2 fully saturated rings. The van der Waals surface area contributed by atoms with E-state index >= 15 is 0 Å². The summed E-state index contributed by atoms with van der Waals surface area (Å²) in [4.78, 5) is 27.0. The number of amides is 1. The highest BCUT2D eigenvalue weighted by atomic mass is 16.1. The molecule has 1 aromatic rings. The molecule has 1 N–H and O–H groups in total. The van der Waals surface area contributed by atoms with Crippen LogP contribution in [0.1, 0.15) is 35.2 Å². The summed E-state index contributed by atoms with van der Waals surface area (Å²) in [6.07, 6.45) is 5.30. The maximum atomic E-state index is 12.5. The molecule has 0 aliphatic heterocycles. The van der Waals surface area contributed by atoms with Gasteiger partial charge in [-0.3, -0.25) is 9.79 Å². The average Bonchev–Trinajstić information content (AvgIpc) is 2.98. The van der Waals surface area contributed by atoms with Crippen LogP contribution in [-0.2, 0) is 4.79 Å². The molecule has 0 bridgehead atoms. The molecule has 1 amide bonds. The number of carbonyl (C=O) groups is 2. The molecule has 0 spiro atoms. The molecule has 3 unspecified atom stereocenters. The van der Waals surface area contributed by atoms with Crippen LogP contribution in [0.15, 0.2) is 29.8 Å². The number of hydrogen-bond acceptors (Lipinski definition) is 3. The van der Waals surface area contributed by atoms with Crippen LogP contribution in [0, 0.1) is 17.8 Å². The average molecular weight is 296 g/mol. The van der Waals surface area contributed by atoms with E-state index in [1.165, 1.54) is 0 Å². The third-order valence-electron chi connectivity index (χ3n) is 5.03. The van der Waals surface area contributed by atoms with Crippen molar-refractivity contribution in [3.8, 4) is 0 Å². The van der Waals surface area contributed by atoms with Gasteiger partial charge in [0.05, 0.1) is 5.69 Å². The van der Waals surface area contributed by atoms with E-state index in [-0.39, 0.29) is 11.9 Å². The molecule has 0 radical (unpaired) electrons. The van der Waals surface area contributed by atoms with Crippen LogP contribution in [0.5, 0.6) is 0 Å². The van der Waals surface area contributed by atoms with E-state index in [1.54, 1.807) is 18.2 Å². The summed E-state index contributed by atoms with van der Waals surface area (Å²) in [5, 5.41) is 3.11. The van der Waals surface area contributed by atoms with Gasteiger partial charge >= 0.3 is 0 Å². The zero-order chi connectivity index (χ0) is 15.7. The summed E-state index contributed by atoms with van der Waals surface area (Å²) in [6, 6.07) is 5.61. The molecule has 1 aromatic carbocycles. The zero-order valence-electron chi connectivity index (χ0n) is 12.5. The lowest BCUT2D eigenvalue weighted by atomic mass is 10.0. The van der Waals surface area contributed by atoms with Gasteiger partial charge < -0.3 is 10.1 Å². The first-order valence-corrected chi connectivity index (χ1v) is 7.66. The molecule has 114 valence electrons. The maximum absolute atomic E-state index is 12.5. The maximum Gasteiger partial charge on any atom is 0.252 e. The number of rotatable bonds is 6. The van der Waals surface area contributed by atoms with Crippen LogP contribution in [0.3, 0.4) is 0 Å². The highest BCUT2D eigenvalue weighted by Crippen LogP contribution is 2.58. The van der Waals surface area contributed by atoms with Gasteiger partial charge in [0, 0.05) is 23.6 Å². The molecule has 0 heterocycles. The summed E-state index contributed by atoms with van der Waals surface area (Å²) in [7, 11) is 0. The lowest BCUT2D eigenvalue weighted by molar-refractivity contribution is -0.108. The molecule has 4 atom stereocenters. The van der Waals surface area contributed by atoms with Gasteiger partial charge in [-0.2, -0.15) is 0 Å². The van der Waals surface area contributed by atoms with Crippen molar-refractivity contribution in [3.05, 3.63) is 35.9 Å². The quantitative estimate of drug-likeness (QED) is 0.648. The summed E-state index contributed by atoms with van der Waals surface area (Å²) >= 11 is 0. The Morgan fingerprint density at radius 3 is 2.68 bits per heavy atom. The van der Waals surface area contributed by atoms with Crippen LogP contribution >= 0.6 is 0 Å². The monoisotopic (exact) mass is 296 g/mol. The van der Waals surface area contributed by atoms with Gasteiger partial charge in [0.25, 0.3) is 5.91 Å². The van der Waals surface area contributed by atoms with E-state index in [1.807, 2.05) is 6.07 Å². The first-order valence-electron chi connectivity index (χ1n) is 7.66. The van der Waals surface area contributed by atoms with Crippen molar-refractivity contribution >= 4 is 30.7 Å². The third kappa shape index (κ3) is 2.49. The first kappa shape index (κ1) is 14.7. The molecule has 22 heavy (non-hydrogen) atoms. The van der Waals surface area contributed by atoms with Crippen LogP contribution in [-0.4, -0.2) is 25.0 Å². The number of hydrogen-bond donors (Lipinski definition) is 1. The van der Waals surface area contributed by atoms with Crippen LogP contribution in [0.4, 0.5) is 5.69 Å². The van der Waals surface area contributed by atoms with Crippen molar-refractivity contribution in [1.82, 2.24) is 5.32 Å². The highest BCUT2D eigenvalue weighted by Gasteiger charge is 2.55. The number of aldehydes is 1. The largest absolute Gasteiger partial charge is 0.349 e. The second kappa shape index (κ2) is 5.87. The second-order valence-corrected chi connectivity index (χ2v) is 6.14. The van der Waals surface area contributed by atoms with Gasteiger partial charge in [-0.05, 0) is 49.4 Å². The second-order valence-electron chi connectivity index (χ2n) is 6.14. The van der Waals surface area contributed by atoms with Crippen LogP contribution in [0.2, 0.25) is 0 Å². The molecular weight excluding hydrogens is 276 g/mol. The van der Waals surface area contributed by atoms with Gasteiger partial charge in [0.1, 0.15) is 6.29 Å². The fourth-order valence-corrected chi connectivity index (χ4v) is 3.92. The number of benzene rings is 1. The first-order chi connectivity index (χ1) is 10.7. The normalized spacial score (nSPS) is 28.5. The van der Waals surface area contributed by atoms with Gasteiger partial charge in [-0.15, -0.1) is 0 Å². The van der Waals surface area contributed by atoms with E-state index < -0.39 is 0 Å². The number of nitrogens with one attached hydrogen (secondary N) is 1. The van der Waals surface area contributed by atoms with Crippen molar-refractivity contribution in [2.75, 3.05) is 0 Å². The van der Waals surface area contributed by atoms with Gasteiger partial charge in [0.2, 0.25) is 0 Å².